The van der Waals surface area contributed by atoms with Crippen molar-refractivity contribution in [2.45, 2.75) is 26.2 Å². The van der Waals surface area contributed by atoms with Gasteiger partial charge in [-0.25, -0.2) is 0 Å². The van der Waals surface area contributed by atoms with E-state index in [9.17, 15) is 0 Å². The van der Waals surface area contributed by atoms with Gasteiger partial charge in [0, 0.05) is 22.9 Å². The number of unbranched alkanes of at least 4 members (excludes halogenated alkanes) is 1. The molecule has 0 unspecified atom stereocenters. The third-order valence-electron chi connectivity index (χ3n) is 3.44. The number of nitrogens with zero attached hydrogens (tertiary/aromatic N) is 2. The third kappa shape index (κ3) is 3.02. The Morgan fingerprint density at radius 2 is 2.00 bits per heavy atom. The predicted octanol–water partition coefficient (Wildman–Crippen LogP) is 4.55. The van der Waals surface area contributed by atoms with Gasteiger partial charge in [0.15, 0.2) is 5.76 Å². The minimum atomic E-state index is 0.755. The molecule has 0 bridgehead atoms. The van der Waals surface area contributed by atoms with Gasteiger partial charge < -0.3 is 4.52 Å². The molecule has 2 heterocycles. The second-order valence-electron chi connectivity index (χ2n) is 4.99. The van der Waals surface area contributed by atoms with Gasteiger partial charge in [-0.2, -0.15) is 0 Å². The Morgan fingerprint density at radius 1 is 1.14 bits per heavy atom. The molecule has 0 aliphatic carbocycles. The molecule has 1 aromatic carbocycles. The van der Waals surface area contributed by atoms with E-state index in [1.165, 1.54) is 0 Å². The lowest BCUT2D eigenvalue weighted by molar-refractivity contribution is 0.432. The summed E-state index contributed by atoms with van der Waals surface area (Å²) < 4.78 is 5.34. The lowest BCUT2D eigenvalue weighted by atomic mass is 9.98. The van der Waals surface area contributed by atoms with Gasteiger partial charge in [0.2, 0.25) is 0 Å². The quantitative estimate of drug-likeness (QED) is 0.687. The van der Waals surface area contributed by atoms with Crippen LogP contribution in [0.25, 0.3) is 22.5 Å². The molecule has 3 heteroatoms. The van der Waals surface area contributed by atoms with Crippen molar-refractivity contribution >= 4 is 0 Å². The second kappa shape index (κ2) is 6.35. The fraction of sp³-hybridized carbons (Fsp3) is 0.222. The van der Waals surface area contributed by atoms with Crippen molar-refractivity contribution in [1.29, 1.82) is 0 Å². The minimum Gasteiger partial charge on any atom is -0.356 e. The molecule has 105 valence electrons. The number of benzene rings is 1. The van der Waals surface area contributed by atoms with E-state index in [0.717, 1.165) is 47.4 Å². The van der Waals surface area contributed by atoms with Gasteiger partial charge in [0.05, 0.1) is 12.4 Å². The number of aromatic nitrogens is 2. The molecule has 0 spiro atoms. The average molecular weight is 277 g/mol. The fourth-order valence-corrected chi connectivity index (χ4v) is 2.32. The minimum absolute atomic E-state index is 0.755. The van der Waals surface area contributed by atoms with Crippen LogP contribution in [0.3, 0.4) is 0 Å². The molecular formula is C18H17N2O. The zero-order chi connectivity index (χ0) is 14.5. The van der Waals surface area contributed by atoms with Gasteiger partial charge in [-0.3, -0.25) is 4.98 Å². The lowest BCUT2D eigenvalue weighted by Crippen LogP contribution is -1.94. The summed E-state index contributed by atoms with van der Waals surface area (Å²) in [7, 11) is 0. The zero-order valence-electron chi connectivity index (χ0n) is 12.0. The molecule has 2 aromatic heterocycles. The summed E-state index contributed by atoms with van der Waals surface area (Å²) in [6.45, 7) is 2.18. The van der Waals surface area contributed by atoms with Crippen LogP contribution < -0.4 is 0 Å². The maximum absolute atomic E-state index is 5.34. The molecule has 3 rings (SSSR count). The van der Waals surface area contributed by atoms with Gasteiger partial charge in [0.25, 0.3) is 0 Å². The van der Waals surface area contributed by atoms with E-state index >= 15 is 0 Å². The Hall–Kier alpha value is -2.42. The number of aryl methyl sites for hydroxylation is 1. The Labute approximate surface area is 124 Å². The lowest BCUT2D eigenvalue weighted by Gasteiger charge is -2.08. The fourth-order valence-electron chi connectivity index (χ4n) is 2.32. The molecule has 0 saturated carbocycles. The summed E-state index contributed by atoms with van der Waals surface area (Å²) in [5.41, 5.74) is 4.08. The maximum Gasteiger partial charge on any atom is 0.167 e. The molecule has 1 radical (unpaired) electrons. The highest BCUT2D eigenvalue weighted by Gasteiger charge is 2.12. The molecule has 3 nitrogen and oxygen atoms in total. The van der Waals surface area contributed by atoms with Gasteiger partial charge in [0.1, 0.15) is 0 Å². The summed E-state index contributed by atoms with van der Waals surface area (Å²) in [4.78, 5) is 4.48. The van der Waals surface area contributed by atoms with Crippen LogP contribution >= 0.6 is 0 Å². The average Bonchev–Trinajstić information content (AvgIpc) is 3.08. The van der Waals surface area contributed by atoms with Gasteiger partial charge in [-0.05, 0) is 24.5 Å². The van der Waals surface area contributed by atoms with Crippen molar-refractivity contribution < 1.29 is 4.52 Å². The Kier molecular flexibility index (Phi) is 4.10. The summed E-state index contributed by atoms with van der Waals surface area (Å²) >= 11 is 0. The van der Waals surface area contributed by atoms with Crippen LogP contribution in [0.5, 0.6) is 0 Å². The standard InChI is InChI=1S/C18H17N2O/c1-2-3-9-15-12-16(18-10-11-20-21-18)17(13-19-15)14-7-5-4-6-8-14/h4-8,10-12H,2-3,9H2,1H3. The van der Waals surface area contributed by atoms with E-state index < -0.39 is 0 Å². The smallest absolute Gasteiger partial charge is 0.167 e. The summed E-state index contributed by atoms with van der Waals surface area (Å²) in [5, 5.41) is 3.82. The van der Waals surface area contributed by atoms with Crippen LogP contribution in [-0.2, 0) is 6.42 Å². The number of hydrogen-bond acceptors (Lipinski definition) is 3. The van der Waals surface area contributed by atoms with Crippen molar-refractivity contribution in [2.75, 3.05) is 0 Å². The molecule has 0 saturated heterocycles. The van der Waals surface area contributed by atoms with Crippen molar-refractivity contribution in [3.63, 3.8) is 0 Å². The molecule has 0 aliphatic heterocycles. The largest absolute Gasteiger partial charge is 0.356 e. The SMILES string of the molecule is CCCCc1cc(-c2ccno2)c(-c2ccccc2)[c]n1. The summed E-state index contributed by atoms with van der Waals surface area (Å²) in [5.74, 6) is 0.755. The predicted molar refractivity (Wildman–Crippen MR) is 82.6 cm³/mol. The van der Waals surface area contributed by atoms with Crippen LogP contribution in [0.4, 0.5) is 0 Å². The first kappa shape index (κ1) is 13.6. The molecule has 3 aromatic rings. The first-order valence-electron chi connectivity index (χ1n) is 7.26. The second-order valence-corrected chi connectivity index (χ2v) is 4.99. The summed E-state index contributed by atoms with van der Waals surface area (Å²) in [6.07, 6.45) is 8.08. The van der Waals surface area contributed by atoms with Crippen LogP contribution in [0.2, 0.25) is 0 Å². The molecule has 0 N–H and O–H groups in total. The van der Waals surface area contributed by atoms with Crippen molar-refractivity contribution in [1.82, 2.24) is 10.1 Å². The van der Waals surface area contributed by atoms with E-state index in [4.69, 9.17) is 4.52 Å². The molecule has 21 heavy (non-hydrogen) atoms. The highest BCUT2D eigenvalue weighted by Crippen LogP contribution is 2.31. The van der Waals surface area contributed by atoms with Crippen molar-refractivity contribution in [2.24, 2.45) is 0 Å². The highest BCUT2D eigenvalue weighted by atomic mass is 16.5. The van der Waals surface area contributed by atoms with E-state index in [1.807, 2.05) is 24.3 Å². The molecule has 0 amide bonds. The first-order chi connectivity index (χ1) is 10.4. The first-order valence-corrected chi connectivity index (χ1v) is 7.26. The molecule has 0 aliphatic rings. The maximum atomic E-state index is 5.34. The number of pyridine rings is 1. The van der Waals surface area contributed by atoms with Crippen LogP contribution in [0.1, 0.15) is 25.5 Å². The van der Waals surface area contributed by atoms with Crippen LogP contribution in [0, 0.1) is 6.20 Å². The van der Waals surface area contributed by atoms with Crippen molar-refractivity contribution in [3.05, 3.63) is 60.6 Å². The number of hydrogen-bond donors (Lipinski definition) is 0. The molecular weight excluding hydrogens is 260 g/mol. The van der Waals surface area contributed by atoms with E-state index in [1.54, 1.807) is 6.20 Å². The Bertz CT molecular complexity index is 691. The summed E-state index contributed by atoms with van der Waals surface area (Å²) in [6, 6.07) is 14.1. The number of rotatable bonds is 5. The van der Waals surface area contributed by atoms with Crippen molar-refractivity contribution in [3.8, 4) is 22.5 Å². The zero-order valence-corrected chi connectivity index (χ0v) is 12.0. The molecule has 0 fully saturated rings. The van der Waals surface area contributed by atoms with Crippen LogP contribution in [-0.4, -0.2) is 10.1 Å². The normalized spacial score (nSPS) is 10.7. The third-order valence-corrected chi connectivity index (χ3v) is 3.44. The van der Waals surface area contributed by atoms with Gasteiger partial charge in [-0.1, -0.05) is 48.8 Å². The monoisotopic (exact) mass is 277 g/mol. The van der Waals surface area contributed by atoms with Gasteiger partial charge >= 0.3 is 0 Å². The Morgan fingerprint density at radius 3 is 2.71 bits per heavy atom. The van der Waals surface area contributed by atoms with E-state index in [0.29, 0.717) is 0 Å². The topological polar surface area (TPSA) is 38.9 Å². The molecule has 0 atom stereocenters. The highest BCUT2D eigenvalue weighted by molar-refractivity contribution is 5.80. The Balaban J connectivity index is 2.07. The van der Waals surface area contributed by atoms with Gasteiger partial charge in [-0.15, -0.1) is 0 Å². The van der Waals surface area contributed by atoms with Crippen LogP contribution in [0.15, 0.2) is 53.2 Å². The van der Waals surface area contributed by atoms with E-state index in [2.05, 4.69) is 41.5 Å². The van der Waals surface area contributed by atoms with E-state index in [-0.39, 0.29) is 0 Å².